The van der Waals surface area contributed by atoms with Crippen LogP contribution in [0.2, 0.25) is 0 Å². The molecule has 0 saturated carbocycles. The van der Waals surface area contributed by atoms with Gasteiger partial charge in [0.15, 0.2) is 12.4 Å². The van der Waals surface area contributed by atoms with Gasteiger partial charge in [-0.15, -0.1) is 11.3 Å². The van der Waals surface area contributed by atoms with Crippen LogP contribution in [-0.4, -0.2) is 24.3 Å². The molecular formula is C23H21NO5S. The third kappa shape index (κ3) is 6.56. The first-order valence-corrected chi connectivity index (χ1v) is 10.2. The fourth-order valence-electron chi connectivity index (χ4n) is 2.57. The molecule has 7 heteroatoms. The van der Waals surface area contributed by atoms with Gasteiger partial charge in [0.2, 0.25) is 0 Å². The van der Waals surface area contributed by atoms with E-state index < -0.39 is 18.5 Å². The van der Waals surface area contributed by atoms with Crippen molar-refractivity contribution in [1.82, 2.24) is 0 Å². The number of thiophene rings is 1. The van der Waals surface area contributed by atoms with Crippen LogP contribution in [0.4, 0.5) is 5.69 Å². The number of hydrogen-bond acceptors (Lipinski definition) is 6. The summed E-state index contributed by atoms with van der Waals surface area (Å²) >= 11 is 1.39. The van der Waals surface area contributed by atoms with E-state index in [1.807, 2.05) is 43.3 Å². The van der Waals surface area contributed by atoms with Crippen molar-refractivity contribution >= 4 is 34.7 Å². The van der Waals surface area contributed by atoms with Crippen LogP contribution < -0.4 is 10.1 Å². The molecule has 1 aromatic heterocycles. The second-order valence-electron chi connectivity index (χ2n) is 6.48. The van der Waals surface area contributed by atoms with E-state index in [4.69, 9.17) is 9.47 Å². The smallest absolute Gasteiger partial charge is 0.306 e. The maximum absolute atomic E-state index is 12.0. The third-order valence-electron chi connectivity index (χ3n) is 4.05. The van der Waals surface area contributed by atoms with Gasteiger partial charge in [0.05, 0.1) is 11.3 Å². The lowest BCUT2D eigenvalue weighted by Gasteiger charge is -2.08. The Morgan fingerprint density at radius 2 is 1.57 bits per heavy atom. The van der Waals surface area contributed by atoms with Crippen LogP contribution >= 0.6 is 11.3 Å². The number of Topliss-reactive ketones (excluding diaryl/α,β-unsaturated/α-hetero) is 1. The molecule has 30 heavy (non-hydrogen) atoms. The largest absolute Gasteiger partial charge is 0.457 e. The number of esters is 1. The van der Waals surface area contributed by atoms with E-state index in [2.05, 4.69) is 5.32 Å². The van der Waals surface area contributed by atoms with Crippen molar-refractivity contribution in [2.75, 3.05) is 11.9 Å². The zero-order valence-corrected chi connectivity index (χ0v) is 17.2. The second kappa shape index (κ2) is 10.4. The van der Waals surface area contributed by atoms with Crippen LogP contribution in [0.3, 0.4) is 0 Å². The molecule has 1 amide bonds. The standard InChI is InChI=1S/C23H21NO5S/c1-16-7-13-21(30-16)20(25)12-14-23(27)28-15-22(26)24-17-8-10-19(11-9-17)29-18-5-3-2-4-6-18/h2-11,13H,12,14-15H2,1H3,(H,24,26). The topological polar surface area (TPSA) is 81.7 Å². The Balaban J connectivity index is 1.38. The van der Waals surface area contributed by atoms with Gasteiger partial charge in [-0.2, -0.15) is 0 Å². The number of carbonyl (C=O) groups excluding carboxylic acids is 3. The Kier molecular flexibility index (Phi) is 7.34. The van der Waals surface area contributed by atoms with E-state index in [0.717, 1.165) is 4.88 Å². The van der Waals surface area contributed by atoms with Gasteiger partial charge in [0.1, 0.15) is 11.5 Å². The molecule has 3 aromatic rings. The molecule has 0 bridgehead atoms. The molecule has 0 saturated heterocycles. The Labute approximate surface area is 178 Å². The van der Waals surface area contributed by atoms with Crippen LogP contribution in [0.15, 0.2) is 66.7 Å². The molecule has 6 nitrogen and oxygen atoms in total. The van der Waals surface area contributed by atoms with E-state index >= 15 is 0 Å². The van der Waals surface area contributed by atoms with Gasteiger partial charge < -0.3 is 14.8 Å². The minimum Gasteiger partial charge on any atom is -0.457 e. The van der Waals surface area contributed by atoms with Crippen LogP contribution in [0.1, 0.15) is 27.4 Å². The number of amides is 1. The zero-order valence-electron chi connectivity index (χ0n) is 16.4. The molecule has 2 aromatic carbocycles. The van der Waals surface area contributed by atoms with Gasteiger partial charge in [-0.05, 0) is 55.5 Å². The molecule has 3 rings (SSSR count). The highest BCUT2D eigenvalue weighted by atomic mass is 32.1. The molecule has 0 radical (unpaired) electrons. The molecule has 0 aliphatic heterocycles. The molecule has 154 valence electrons. The summed E-state index contributed by atoms with van der Waals surface area (Å²) in [4.78, 5) is 37.4. The fourth-order valence-corrected chi connectivity index (χ4v) is 3.40. The Bertz CT molecular complexity index is 1010. The van der Waals surface area contributed by atoms with Crippen molar-refractivity contribution < 1.29 is 23.9 Å². The average molecular weight is 423 g/mol. The summed E-state index contributed by atoms with van der Waals surface area (Å²) in [6, 6.07) is 19.8. The monoisotopic (exact) mass is 423 g/mol. The van der Waals surface area contributed by atoms with Crippen molar-refractivity contribution in [2.24, 2.45) is 0 Å². The quantitative estimate of drug-likeness (QED) is 0.387. The average Bonchev–Trinajstić information content (AvgIpc) is 3.19. The highest BCUT2D eigenvalue weighted by molar-refractivity contribution is 7.14. The Morgan fingerprint density at radius 1 is 0.867 bits per heavy atom. The predicted molar refractivity (Wildman–Crippen MR) is 115 cm³/mol. The fraction of sp³-hybridized carbons (Fsp3) is 0.174. The Hall–Kier alpha value is -3.45. The van der Waals surface area contributed by atoms with Crippen molar-refractivity contribution in [1.29, 1.82) is 0 Å². The summed E-state index contributed by atoms with van der Waals surface area (Å²) in [5.74, 6) is 0.205. The van der Waals surface area contributed by atoms with Gasteiger partial charge in [0.25, 0.3) is 5.91 Å². The first-order chi connectivity index (χ1) is 14.5. The lowest BCUT2D eigenvalue weighted by atomic mass is 10.2. The molecule has 1 heterocycles. The number of benzene rings is 2. The number of anilines is 1. The van der Waals surface area contributed by atoms with Gasteiger partial charge in [-0.25, -0.2) is 0 Å². The summed E-state index contributed by atoms with van der Waals surface area (Å²) in [7, 11) is 0. The molecule has 0 spiro atoms. The number of aryl methyl sites for hydroxylation is 1. The van der Waals surface area contributed by atoms with Crippen molar-refractivity contribution in [3.8, 4) is 11.5 Å². The summed E-state index contributed by atoms with van der Waals surface area (Å²) < 4.78 is 10.6. The van der Waals surface area contributed by atoms with E-state index in [1.54, 1.807) is 30.3 Å². The molecule has 0 aliphatic rings. The second-order valence-corrected chi connectivity index (χ2v) is 7.77. The number of carbonyl (C=O) groups is 3. The number of para-hydroxylation sites is 1. The molecule has 0 unspecified atom stereocenters. The SMILES string of the molecule is Cc1ccc(C(=O)CCC(=O)OCC(=O)Nc2ccc(Oc3ccccc3)cc2)s1. The number of hydrogen-bond donors (Lipinski definition) is 1. The van der Waals surface area contributed by atoms with Crippen molar-refractivity contribution in [3.63, 3.8) is 0 Å². The summed E-state index contributed by atoms with van der Waals surface area (Å²) in [6.07, 6.45) is -0.00212. The van der Waals surface area contributed by atoms with E-state index in [0.29, 0.717) is 22.1 Å². The first-order valence-electron chi connectivity index (χ1n) is 9.38. The van der Waals surface area contributed by atoms with Crippen LogP contribution in [0.5, 0.6) is 11.5 Å². The molecular weight excluding hydrogens is 402 g/mol. The number of nitrogens with one attached hydrogen (secondary N) is 1. The van der Waals surface area contributed by atoms with E-state index in [9.17, 15) is 14.4 Å². The van der Waals surface area contributed by atoms with Gasteiger partial charge >= 0.3 is 5.97 Å². The number of rotatable bonds is 9. The minimum atomic E-state index is -0.585. The molecule has 0 fully saturated rings. The van der Waals surface area contributed by atoms with Crippen LogP contribution in [0.25, 0.3) is 0 Å². The van der Waals surface area contributed by atoms with Crippen molar-refractivity contribution in [2.45, 2.75) is 19.8 Å². The minimum absolute atomic E-state index is 0.0588. The summed E-state index contributed by atoms with van der Waals surface area (Å²) in [6.45, 7) is 1.51. The maximum atomic E-state index is 12.0. The van der Waals surface area contributed by atoms with E-state index in [1.165, 1.54) is 11.3 Å². The summed E-state index contributed by atoms with van der Waals surface area (Å²) in [5, 5.41) is 2.64. The van der Waals surface area contributed by atoms with Crippen molar-refractivity contribution in [3.05, 3.63) is 76.5 Å². The highest BCUT2D eigenvalue weighted by Crippen LogP contribution is 2.22. The normalized spacial score (nSPS) is 10.3. The zero-order chi connectivity index (χ0) is 21.3. The van der Waals surface area contributed by atoms with Crippen LogP contribution in [0, 0.1) is 6.92 Å². The lowest BCUT2D eigenvalue weighted by Crippen LogP contribution is -2.21. The van der Waals surface area contributed by atoms with Gasteiger partial charge in [-0.3, -0.25) is 14.4 Å². The van der Waals surface area contributed by atoms with Crippen LogP contribution in [-0.2, 0) is 14.3 Å². The Morgan fingerprint density at radius 3 is 2.23 bits per heavy atom. The third-order valence-corrected chi connectivity index (χ3v) is 5.09. The molecule has 0 aliphatic carbocycles. The molecule has 1 N–H and O–H groups in total. The van der Waals surface area contributed by atoms with Gasteiger partial charge in [0, 0.05) is 17.0 Å². The van der Waals surface area contributed by atoms with E-state index in [-0.39, 0.29) is 18.6 Å². The number of ether oxygens (including phenoxy) is 2. The van der Waals surface area contributed by atoms with Gasteiger partial charge in [-0.1, -0.05) is 18.2 Å². The first kappa shape index (κ1) is 21.3. The number of ketones is 1. The lowest BCUT2D eigenvalue weighted by molar-refractivity contribution is -0.147. The summed E-state index contributed by atoms with van der Waals surface area (Å²) in [5.41, 5.74) is 0.555. The predicted octanol–water partition coefficient (Wildman–Crippen LogP) is 4.99. The molecule has 0 atom stereocenters. The maximum Gasteiger partial charge on any atom is 0.306 e. The highest BCUT2D eigenvalue weighted by Gasteiger charge is 2.13.